The van der Waals surface area contributed by atoms with Crippen molar-refractivity contribution in [3.8, 4) is 11.4 Å². The van der Waals surface area contributed by atoms with E-state index in [-0.39, 0.29) is 6.04 Å². The SMILES string of the molecule is F[C@H]1CNC[C@@H]1Nc1cccc(-c2cnc3cc(Cl)ccn23)n1. The van der Waals surface area contributed by atoms with Crippen molar-refractivity contribution in [2.75, 3.05) is 18.4 Å². The van der Waals surface area contributed by atoms with Gasteiger partial charge in [0.1, 0.15) is 17.6 Å². The Hall–Kier alpha value is -2.18. The van der Waals surface area contributed by atoms with Gasteiger partial charge in [-0.25, -0.2) is 14.4 Å². The third-order valence-electron chi connectivity index (χ3n) is 3.96. The molecule has 3 aromatic heterocycles. The van der Waals surface area contributed by atoms with Crippen LogP contribution in [-0.4, -0.2) is 39.7 Å². The summed E-state index contributed by atoms with van der Waals surface area (Å²) in [5.41, 5.74) is 2.39. The van der Waals surface area contributed by atoms with E-state index in [0.717, 1.165) is 17.0 Å². The van der Waals surface area contributed by atoms with Crippen molar-refractivity contribution >= 4 is 23.1 Å². The number of imidazole rings is 1. The van der Waals surface area contributed by atoms with Crippen molar-refractivity contribution in [1.29, 1.82) is 0 Å². The molecule has 1 aliphatic heterocycles. The molecule has 1 saturated heterocycles. The van der Waals surface area contributed by atoms with Gasteiger partial charge in [0.05, 0.1) is 23.6 Å². The van der Waals surface area contributed by atoms with Crippen LogP contribution >= 0.6 is 11.6 Å². The van der Waals surface area contributed by atoms with Crippen molar-refractivity contribution in [3.05, 3.63) is 47.7 Å². The summed E-state index contributed by atoms with van der Waals surface area (Å²) in [5, 5.41) is 6.81. The van der Waals surface area contributed by atoms with E-state index in [4.69, 9.17) is 11.6 Å². The molecule has 0 aliphatic carbocycles. The molecular formula is C16H15ClFN5. The van der Waals surface area contributed by atoms with E-state index in [2.05, 4.69) is 20.6 Å². The van der Waals surface area contributed by atoms with Gasteiger partial charge >= 0.3 is 0 Å². The van der Waals surface area contributed by atoms with E-state index in [9.17, 15) is 4.39 Å². The van der Waals surface area contributed by atoms with Gasteiger partial charge in [-0.3, -0.25) is 4.40 Å². The summed E-state index contributed by atoms with van der Waals surface area (Å²) in [6.07, 6.45) is 2.71. The summed E-state index contributed by atoms with van der Waals surface area (Å²) in [4.78, 5) is 8.94. The monoisotopic (exact) mass is 331 g/mol. The molecule has 0 spiro atoms. The normalized spacial score (nSPS) is 21.0. The fourth-order valence-corrected chi connectivity index (χ4v) is 2.94. The minimum atomic E-state index is -0.904. The van der Waals surface area contributed by atoms with Gasteiger partial charge in [-0.05, 0) is 18.2 Å². The van der Waals surface area contributed by atoms with E-state index in [1.54, 1.807) is 18.3 Å². The lowest BCUT2D eigenvalue weighted by Gasteiger charge is -2.15. The zero-order valence-corrected chi connectivity index (χ0v) is 13.0. The highest BCUT2D eigenvalue weighted by Crippen LogP contribution is 2.23. The van der Waals surface area contributed by atoms with Gasteiger partial charge in [0.2, 0.25) is 0 Å². The van der Waals surface area contributed by atoms with Crippen LogP contribution in [0.4, 0.5) is 10.2 Å². The zero-order chi connectivity index (χ0) is 15.8. The highest BCUT2D eigenvalue weighted by molar-refractivity contribution is 6.30. The average molecular weight is 332 g/mol. The van der Waals surface area contributed by atoms with Crippen LogP contribution < -0.4 is 10.6 Å². The van der Waals surface area contributed by atoms with Crippen LogP contribution in [0.1, 0.15) is 0 Å². The summed E-state index contributed by atoms with van der Waals surface area (Å²) in [6.45, 7) is 0.979. The minimum absolute atomic E-state index is 0.251. The standard InChI is InChI=1S/C16H15ClFN5/c17-10-4-5-23-14(9-20-16(23)6-10)12-2-1-3-15(21-12)22-13-8-19-7-11(13)18/h1-6,9,11,13,19H,7-8H2,(H,21,22)/t11-,13-/m0/s1. The molecule has 7 heteroatoms. The number of halogens is 2. The van der Waals surface area contributed by atoms with Crippen molar-refractivity contribution in [2.45, 2.75) is 12.2 Å². The second-order valence-corrected chi connectivity index (χ2v) is 5.99. The quantitative estimate of drug-likeness (QED) is 0.775. The maximum Gasteiger partial charge on any atom is 0.138 e. The van der Waals surface area contributed by atoms with Gasteiger partial charge in [0.15, 0.2) is 0 Å². The van der Waals surface area contributed by atoms with Gasteiger partial charge in [-0.15, -0.1) is 0 Å². The Bertz CT molecular complexity index is 849. The molecule has 5 nitrogen and oxygen atoms in total. The first-order chi connectivity index (χ1) is 11.2. The maximum atomic E-state index is 13.7. The Morgan fingerprint density at radius 2 is 2.22 bits per heavy atom. The predicted molar refractivity (Wildman–Crippen MR) is 88.6 cm³/mol. The topological polar surface area (TPSA) is 54.2 Å². The third-order valence-corrected chi connectivity index (χ3v) is 4.20. The lowest BCUT2D eigenvalue weighted by Crippen LogP contribution is -2.29. The summed E-state index contributed by atoms with van der Waals surface area (Å²) >= 11 is 5.99. The smallest absolute Gasteiger partial charge is 0.138 e. The number of rotatable bonds is 3. The Morgan fingerprint density at radius 1 is 1.30 bits per heavy atom. The fraction of sp³-hybridized carbons (Fsp3) is 0.250. The summed E-state index contributed by atoms with van der Waals surface area (Å²) in [5.74, 6) is 0.655. The first kappa shape index (κ1) is 14.4. The first-order valence-corrected chi connectivity index (χ1v) is 7.80. The number of alkyl halides is 1. The Labute approximate surface area is 137 Å². The van der Waals surface area contributed by atoms with Crippen LogP contribution in [0, 0.1) is 0 Å². The molecular weight excluding hydrogens is 317 g/mol. The lowest BCUT2D eigenvalue weighted by molar-refractivity contribution is 0.342. The largest absolute Gasteiger partial charge is 0.363 e. The van der Waals surface area contributed by atoms with Crippen molar-refractivity contribution in [1.82, 2.24) is 19.7 Å². The minimum Gasteiger partial charge on any atom is -0.363 e. The molecule has 1 aliphatic rings. The van der Waals surface area contributed by atoms with E-state index in [1.165, 1.54) is 0 Å². The van der Waals surface area contributed by atoms with Crippen LogP contribution in [0.25, 0.3) is 17.0 Å². The van der Waals surface area contributed by atoms with Crippen molar-refractivity contribution < 1.29 is 4.39 Å². The Kier molecular flexibility index (Phi) is 3.63. The van der Waals surface area contributed by atoms with Gasteiger partial charge < -0.3 is 10.6 Å². The fourth-order valence-electron chi connectivity index (χ4n) is 2.78. The average Bonchev–Trinajstić information content (AvgIpc) is 3.14. The number of aromatic nitrogens is 3. The van der Waals surface area contributed by atoms with Crippen LogP contribution in [0.2, 0.25) is 5.02 Å². The molecule has 0 radical (unpaired) electrons. The summed E-state index contributed by atoms with van der Waals surface area (Å²) in [7, 11) is 0. The maximum absolute atomic E-state index is 13.7. The van der Waals surface area contributed by atoms with Crippen LogP contribution in [-0.2, 0) is 0 Å². The molecule has 3 aromatic rings. The predicted octanol–water partition coefficient (Wildman–Crippen LogP) is 2.77. The third kappa shape index (κ3) is 2.75. The molecule has 2 atom stereocenters. The number of hydrogen-bond donors (Lipinski definition) is 2. The van der Waals surface area contributed by atoms with Crippen molar-refractivity contribution in [2.24, 2.45) is 0 Å². The second-order valence-electron chi connectivity index (χ2n) is 5.55. The van der Waals surface area contributed by atoms with Crippen LogP contribution in [0.3, 0.4) is 0 Å². The molecule has 0 saturated carbocycles. The Balaban J connectivity index is 1.67. The number of nitrogens with zero attached hydrogens (tertiary/aromatic N) is 3. The molecule has 0 unspecified atom stereocenters. The van der Waals surface area contributed by atoms with Crippen LogP contribution in [0.5, 0.6) is 0 Å². The van der Waals surface area contributed by atoms with Gasteiger partial charge in [-0.1, -0.05) is 17.7 Å². The van der Waals surface area contributed by atoms with E-state index < -0.39 is 6.17 Å². The summed E-state index contributed by atoms with van der Waals surface area (Å²) in [6, 6.07) is 9.00. The second kappa shape index (κ2) is 5.79. The highest BCUT2D eigenvalue weighted by atomic mass is 35.5. The molecule has 1 fully saturated rings. The number of fused-ring (bicyclic) bond motifs is 1. The highest BCUT2D eigenvalue weighted by Gasteiger charge is 2.26. The number of nitrogens with one attached hydrogen (secondary N) is 2. The molecule has 4 rings (SSSR count). The molecule has 0 bridgehead atoms. The zero-order valence-electron chi connectivity index (χ0n) is 12.2. The number of anilines is 1. The molecule has 0 aromatic carbocycles. The lowest BCUT2D eigenvalue weighted by atomic mass is 10.2. The van der Waals surface area contributed by atoms with E-state index in [1.807, 2.05) is 28.8 Å². The van der Waals surface area contributed by atoms with E-state index in [0.29, 0.717) is 23.9 Å². The molecule has 2 N–H and O–H groups in total. The molecule has 118 valence electrons. The summed E-state index contributed by atoms with van der Waals surface area (Å²) < 4.78 is 15.6. The van der Waals surface area contributed by atoms with Crippen molar-refractivity contribution in [3.63, 3.8) is 0 Å². The van der Waals surface area contributed by atoms with Gasteiger partial charge in [-0.2, -0.15) is 0 Å². The van der Waals surface area contributed by atoms with Gasteiger partial charge in [0, 0.05) is 30.4 Å². The molecule has 23 heavy (non-hydrogen) atoms. The molecule has 0 amide bonds. The number of pyridine rings is 2. The van der Waals surface area contributed by atoms with Crippen LogP contribution in [0.15, 0.2) is 42.7 Å². The first-order valence-electron chi connectivity index (χ1n) is 7.42. The van der Waals surface area contributed by atoms with E-state index >= 15 is 0 Å². The Morgan fingerprint density at radius 3 is 3.04 bits per heavy atom. The number of hydrogen-bond acceptors (Lipinski definition) is 4. The molecule has 4 heterocycles. The van der Waals surface area contributed by atoms with Gasteiger partial charge in [0.25, 0.3) is 0 Å².